The van der Waals surface area contributed by atoms with E-state index >= 15 is 0 Å². The van der Waals surface area contributed by atoms with Crippen molar-refractivity contribution < 1.29 is 25.8 Å². The second-order valence-electron chi connectivity index (χ2n) is 20.5. The maximum absolute atomic E-state index is 7.01. The fraction of sp³-hybridized carbons (Fsp3) is 0.213. The molecule has 0 aliphatic carbocycles. The standard InChI is InChI=1S/C61H57N4O.Pt/c1-40-30-56-57(31-41(40)2)64(39-63(56)48-23-17-22-45(33-48)59(3,4)5)49-34-47(61(9,10)44-20-15-12-16-21-44)35-51(37-49)66-50-25-26-52-53-32-43(42-18-13-11-14-19-42)24-27-54(53)65(55(52)38-50)58-36-46(28-29-62-58)60(6,7)8;/h11-36,39H,1-10H3;/q-3;. The van der Waals surface area contributed by atoms with Gasteiger partial charge < -0.3 is 19.1 Å². The monoisotopic (exact) mass is 1060 g/mol. The number of rotatable bonds is 8. The molecule has 0 atom stereocenters. The molecule has 0 saturated heterocycles. The van der Waals surface area contributed by atoms with Crippen molar-refractivity contribution in [3.8, 4) is 28.4 Å². The molecule has 340 valence electrons. The maximum Gasteiger partial charge on any atom is 0.135 e. The molecule has 9 aromatic rings. The number of anilines is 4. The minimum atomic E-state index is -0.365. The van der Waals surface area contributed by atoms with Crippen LogP contribution in [0.5, 0.6) is 11.5 Å². The summed E-state index contributed by atoms with van der Waals surface area (Å²) >= 11 is 0. The van der Waals surface area contributed by atoms with Crippen molar-refractivity contribution in [1.82, 2.24) is 9.55 Å². The molecule has 0 saturated carbocycles. The van der Waals surface area contributed by atoms with Crippen LogP contribution in [0.15, 0.2) is 158 Å². The Labute approximate surface area is 411 Å². The summed E-state index contributed by atoms with van der Waals surface area (Å²) < 4.78 is 9.24. The molecule has 1 aliphatic heterocycles. The molecule has 0 radical (unpaired) electrons. The Morgan fingerprint density at radius 3 is 1.88 bits per heavy atom. The van der Waals surface area contributed by atoms with Crippen molar-refractivity contribution >= 4 is 44.6 Å². The van der Waals surface area contributed by atoms with E-state index < -0.39 is 0 Å². The average molecular weight is 1060 g/mol. The SMILES string of the molecule is Cc1cc2c(cc1C)N(c1cccc(C(C)(C)C)c1)[CH-]N2c1[c-]c(Oc2[c-]c3c(cc2)c2cc(-c4ccccc4)ccc2n3-c2cc(C(C)(C)C)ccn2)cc(C(C)(C)c2ccccc2)c1.[Pt]. The van der Waals surface area contributed by atoms with Gasteiger partial charge in [-0.3, -0.25) is 0 Å². The number of benzene rings is 7. The summed E-state index contributed by atoms with van der Waals surface area (Å²) in [4.78, 5) is 9.55. The third-order valence-electron chi connectivity index (χ3n) is 13.5. The van der Waals surface area contributed by atoms with Gasteiger partial charge in [0.2, 0.25) is 0 Å². The van der Waals surface area contributed by atoms with Crippen LogP contribution in [0.2, 0.25) is 0 Å². The number of fused-ring (bicyclic) bond motifs is 4. The third kappa shape index (κ3) is 8.60. The Morgan fingerprint density at radius 1 is 0.522 bits per heavy atom. The van der Waals surface area contributed by atoms with Crippen LogP contribution in [0.1, 0.15) is 88.8 Å². The van der Waals surface area contributed by atoms with E-state index in [0.717, 1.165) is 61.5 Å². The molecule has 6 heteroatoms. The van der Waals surface area contributed by atoms with Crippen LogP contribution in [0.4, 0.5) is 22.7 Å². The van der Waals surface area contributed by atoms with E-state index in [4.69, 9.17) is 9.72 Å². The number of hydrogen-bond donors (Lipinski definition) is 0. The molecule has 0 amide bonds. The van der Waals surface area contributed by atoms with Gasteiger partial charge in [-0.05, 0) is 117 Å². The largest absolute Gasteiger partial charge is 0.509 e. The topological polar surface area (TPSA) is 33.5 Å². The van der Waals surface area contributed by atoms with Gasteiger partial charge in [0, 0.05) is 61.3 Å². The Morgan fingerprint density at radius 2 is 1.18 bits per heavy atom. The Hall–Kier alpha value is -6.42. The number of aryl methyl sites for hydroxylation is 2. The molecule has 0 unspecified atom stereocenters. The molecular weight excluding hydrogens is 1000 g/mol. The molecule has 5 nitrogen and oxygen atoms in total. The number of hydrogen-bond acceptors (Lipinski definition) is 4. The summed E-state index contributed by atoms with van der Waals surface area (Å²) in [6, 6.07) is 61.9. The maximum atomic E-state index is 7.01. The molecule has 1 aliphatic rings. The first-order valence-electron chi connectivity index (χ1n) is 23.0. The average Bonchev–Trinajstić information content (AvgIpc) is 3.83. The Kier molecular flexibility index (Phi) is 11.8. The molecule has 2 aromatic heterocycles. The normalized spacial score (nSPS) is 13.0. The van der Waals surface area contributed by atoms with Gasteiger partial charge in [0.05, 0.1) is 0 Å². The molecule has 67 heavy (non-hydrogen) atoms. The predicted octanol–water partition coefficient (Wildman–Crippen LogP) is 16.2. The summed E-state index contributed by atoms with van der Waals surface area (Å²) in [5, 5.41) is 2.20. The van der Waals surface area contributed by atoms with E-state index in [1.54, 1.807) is 0 Å². The van der Waals surface area contributed by atoms with Crippen molar-refractivity contribution in [2.45, 2.75) is 85.5 Å². The van der Waals surface area contributed by atoms with E-state index in [1.807, 2.05) is 12.3 Å². The van der Waals surface area contributed by atoms with Gasteiger partial charge in [-0.15, -0.1) is 53.6 Å². The van der Waals surface area contributed by atoms with Gasteiger partial charge in [-0.25, -0.2) is 4.98 Å². The zero-order valence-corrected chi connectivity index (χ0v) is 42.4. The second-order valence-corrected chi connectivity index (χ2v) is 20.5. The fourth-order valence-corrected chi connectivity index (χ4v) is 9.19. The summed E-state index contributed by atoms with van der Waals surface area (Å²) in [6.45, 7) is 24.7. The van der Waals surface area contributed by atoms with Crippen LogP contribution in [0, 0.1) is 32.6 Å². The zero-order valence-electron chi connectivity index (χ0n) is 40.1. The minimum absolute atomic E-state index is 0. The second kappa shape index (κ2) is 17.3. The van der Waals surface area contributed by atoms with Crippen LogP contribution in [0.25, 0.3) is 38.8 Å². The minimum Gasteiger partial charge on any atom is -0.509 e. The first-order chi connectivity index (χ1) is 31.5. The summed E-state index contributed by atoms with van der Waals surface area (Å²) in [5.41, 5.74) is 15.4. The van der Waals surface area contributed by atoms with Crippen molar-refractivity contribution in [1.29, 1.82) is 0 Å². The van der Waals surface area contributed by atoms with Gasteiger partial charge in [0.1, 0.15) is 5.82 Å². The van der Waals surface area contributed by atoms with E-state index in [2.05, 4.69) is 248 Å². The van der Waals surface area contributed by atoms with Gasteiger partial charge in [-0.1, -0.05) is 146 Å². The molecule has 0 fully saturated rings. The van der Waals surface area contributed by atoms with Crippen LogP contribution >= 0.6 is 0 Å². The van der Waals surface area contributed by atoms with Gasteiger partial charge in [0.25, 0.3) is 0 Å². The number of ether oxygens (including phenoxy) is 1. The van der Waals surface area contributed by atoms with E-state index in [1.165, 1.54) is 33.4 Å². The van der Waals surface area contributed by atoms with Crippen molar-refractivity contribution in [2.75, 3.05) is 9.80 Å². The van der Waals surface area contributed by atoms with Crippen LogP contribution in [0.3, 0.4) is 0 Å². The molecule has 0 spiro atoms. The first-order valence-corrected chi connectivity index (χ1v) is 23.0. The molecule has 0 bridgehead atoms. The quantitative estimate of drug-likeness (QED) is 0.142. The summed E-state index contributed by atoms with van der Waals surface area (Å²) in [6.07, 6.45) is 1.92. The van der Waals surface area contributed by atoms with Gasteiger partial charge in [0.15, 0.2) is 0 Å². The predicted molar refractivity (Wildman–Crippen MR) is 275 cm³/mol. The van der Waals surface area contributed by atoms with Crippen molar-refractivity contribution in [3.05, 3.63) is 210 Å². The number of nitrogens with zero attached hydrogens (tertiary/aromatic N) is 4. The molecule has 3 heterocycles. The molecule has 10 rings (SSSR count). The Balaban J connectivity index is 0.00000562. The van der Waals surface area contributed by atoms with Gasteiger partial charge in [-0.2, -0.15) is 6.07 Å². The number of aromatic nitrogens is 2. The third-order valence-corrected chi connectivity index (χ3v) is 13.5. The number of pyridine rings is 1. The Bertz CT molecular complexity index is 3280. The van der Waals surface area contributed by atoms with E-state index in [0.29, 0.717) is 11.5 Å². The van der Waals surface area contributed by atoms with E-state index in [9.17, 15) is 0 Å². The molecule has 7 aromatic carbocycles. The smallest absolute Gasteiger partial charge is 0.135 e. The zero-order chi connectivity index (χ0) is 46.1. The van der Waals surface area contributed by atoms with E-state index in [-0.39, 0.29) is 37.3 Å². The van der Waals surface area contributed by atoms with Crippen LogP contribution in [-0.2, 0) is 37.3 Å². The fourth-order valence-electron chi connectivity index (χ4n) is 9.19. The van der Waals surface area contributed by atoms with Gasteiger partial charge >= 0.3 is 0 Å². The summed E-state index contributed by atoms with van der Waals surface area (Å²) in [5.74, 6) is 2.04. The molecule has 0 N–H and O–H groups in total. The van der Waals surface area contributed by atoms with Crippen LogP contribution < -0.4 is 14.5 Å². The van der Waals surface area contributed by atoms with Crippen molar-refractivity contribution in [2.24, 2.45) is 0 Å². The first kappa shape index (κ1) is 45.7. The van der Waals surface area contributed by atoms with Crippen molar-refractivity contribution in [3.63, 3.8) is 0 Å². The van der Waals surface area contributed by atoms with Crippen LogP contribution in [-0.4, -0.2) is 9.55 Å². The summed E-state index contributed by atoms with van der Waals surface area (Å²) in [7, 11) is 0. The molecular formula is C61H57N4OPt-3.